The van der Waals surface area contributed by atoms with Crippen LogP contribution in [0.5, 0.6) is 0 Å². The van der Waals surface area contributed by atoms with E-state index in [1.165, 1.54) is 25.2 Å². The summed E-state index contributed by atoms with van der Waals surface area (Å²) in [6.07, 6.45) is 6.37. The summed E-state index contributed by atoms with van der Waals surface area (Å²) in [7, 11) is -1.85. The van der Waals surface area contributed by atoms with E-state index >= 15 is 0 Å². The Labute approximate surface area is 170 Å². The first-order chi connectivity index (χ1) is 12.9. The van der Waals surface area contributed by atoms with Crippen molar-refractivity contribution in [1.82, 2.24) is 0 Å². The van der Waals surface area contributed by atoms with Crippen molar-refractivity contribution < 1.29 is 18.4 Å². The minimum atomic E-state index is -1.67. The first-order valence-electron chi connectivity index (χ1n) is 10.9. The number of carbonyl (C=O) groups excluding carboxylic acids is 1. The van der Waals surface area contributed by atoms with E-state index < -0.39 is 16.6 Å². The van der Waals surface area contributed by atoms with E-state index in [1.807, 2.05) is 0 Å². The Kier molecular flexibility index (Phi) is 14.3. The van der Waals surface area contributed by atoms with E-state index in [-0.39, 0.29) is 12.1 Å². The van der Waals surface area contributed by atoms with Gasteiger partial charge in [-0.15, -0.1) is 0 Å². The number of hydrogen-bond donors (Lipinski definition) is 0. The van der Waals surface area contributed by atoms with Crippen molar-refractivity contribution >= 4 is 22.6 Å². The molecule has 160 valence electrons. The van der Waals surface area contributed by atoms with Crippen LogP contribution in [-0.2, 0) is 18.4 Å². The third kappa shape index (κ3) is 9.54. The van der Waals surface area contributed by atoms with Crippen molar-refractivity contribution in [2.45, 2.75) is 103 Å². The molecule has 0 aromatic rings. The summed E-state index contributed by atoms with van der Waals surface area (Å²) in [5.41, 5.74) is 0. The van der Waals surface area contributed by atoms with Gasteiger partial charge in [-0.25, -0.2) is 0 Å². The molecule has 0 rings (SSSR count). The molecule has 6 heteroatoms. The average Bonchev–Trinajstić information content (AvgIpc) is 2.72. The standard InChI is InChI=1S/C21H44O4Si2/c1-8-26(9-2,10-3)24-19-20(25-27(11-4,12-5)13-6)17-15-14-16-18-21(22)23-7/h14-15,20H,8-13,16-19H2,1-7H3/b15-14-/t20-/m0/s1. The van der Waals surface area contributed by atoms with Crippen molar-refractivity contribution in [2.75, 3.05) is 13.7 Å². The highest BCUT2D eigenvalue weighted by Gasteiger charge is 2.34. The Morgan fingerprint density at radius 2 is 1.37 bits per heavy atom. The molecule has 0 spiro atoms. The summed E-state index contributed by atoms with van der Waals surface area (Å²) < 4.78 is 18.0. The van der Waals surface area contributed by atoms with Crippen LogP contribution in [0.3, 0.4) is 0 Å². The van der Waals surface area contributed by atoms with Gasteiger partial charge in [0, 0.05) is 6.42 Å². The molecule has 0 aliphatic heterocycles. The molecule has 1 atom stereocenters. The van der Waals surface area contributed by atoms with Gasteiger partial charge in [0.2, 0.25) is 0 Å². The monoisotopic (exact) mass is 416 g/mol. The molecule has 0 bridgehead atoms. The highest BCUT2D eigenvalue weighted by Crippen LogP contribution is 2.27. The molecule has 27 heavy (non-hydrogen) atoms. The molecule has 0 aliphatic rings. The SMILES string of the molecule is CC[Si](CC)(CC)OC[C@H](C/C=C\CCC(=O)OC)O[Si](CC)(CC)CC. The van der Waals surface area contributed by atoms with Crippen LogP contribution in [0.15, 0.2) is 12.2 Å². The molecule has 0 aromatic carbocycles. The predicted molar refractivity (Wildman–Crippen MR) is 120 cm³/mol. The van der Waals surface area contributed by atoms with E-state index in [9.17, 15) is 4.79 Å². The average molecular weight is 417 g/mol. The Balaban J connectivity index is 4.98. The van der Waals surface area contributed by atoms with Gasteiger partial charge in [0.05, 0.1) is 19.8 Å². The Hall–Kier alpha value is -0.436. The highest BCUT2D eigenvalue weighted by molar-refractivity contribution is 6.74. The van der Waals surface area contributed by atoms with Gasteiger partial charge in [-0.2, -0.15) is 0 Å². The normalized spacial score (nSPS) is 13.9. The summed E-state index contributed by atoms with van der Waals surface area (Å²) in [5, 5.41) is 0. The van der Waals surface area contributed by atoms with Gasteiger partial charge in [0.15, 0.2) is 16.6 Å². The second-order valence-electron chi connectivity index (χ2n) is 7.36. The van der Waals surface area contributed by atoms with Crippen LogP contribution >= 0.6 is 0 Å². The number of esters is 1. The van der Waals surface area contributed by atoms with Crippen LogP contribution in [0.4, 0.5) is 0 Å². The zero-order chi connectivity index (χ0) is 20.8. The minimum absolute atomic E-state index is 0.127. The number of hydrogen-bond acceptors (Lipinski definition) is 4. The molecule has 0 aliphatic carbocycles. The summed E-state index contributed by atoms with van der Waals surface area (Å²) in [6, 6.07) is 6.96. The molecule has 0 amide bonds. The predicted octanol–water partition coefficient (Wildman–Crippen LogP) is 6.30. The lowest BCUT2D eigenvalue weighted by Crippen LogP contribution is -2.44. The quantitative estimate of drug-likeness (QED) is 0.168. The second-order valence-corrected chi connectivity index (χ2v) is 16.9. The number of methoxy groups -OCH3 is 1. The van der Waals surface area contributed by atoms with Crippen molar-refractivity contribution in [2.24, 2.45) is 0 Å². The number of ether oxygens (including phenoxy) is 1. The van der Waals surface area contributed by atoms with Crippen molar-refractivity contribution in [3.63, 3.8) is 0 Å². The smallest absolute Gasteiger partial charge is 0.305 e. The fraction of sp³-hybridized carbons (Fsp3) is 0.857. The van der Waals surface area contributed by atoms with Gasteiger partial charge in [-0.05, 0) is 49.1 Å². The molecule has 0 saturated heterocycles. The van der Waals surface area contributed by atoms with Crippen LogP contribution in [0.25, 0.3) is 0 Å². The Bertz CT molecular complexity index is 402. The molecule has 4 nitrogen and oxygen atoms in total. The summed E-state index contributed by atoms with van der Waals surface area (Å²) in [5.74, 6) is -0.158. The minimum Gasteiger partial charge on any atom is -0.469 e. The van der Waals surface area contributed by atoms with Crippen LogP contribution in [0, 0.1) is 0 Å². The summed E-state index contributed by atoms with van der Waals surface area (Å²) >= 11 is 0. The zero-order valence-electron chi connectivity index (χ0n) is 18.9. The zero-order valence-corrected chi connectivity index (χ0v) is 20.9. The highest BCUT2D eigenvalue weighted by atomic mass is 28.4. The summed E-state index contributed by atoms with van der Waals surface area (Å²) in [4.78, 5) is 11.2. The largest absolute Gasteiger partial charge is 0.469 e. The van der Waals surface area contributed by atoms with E-state index in [0.29, 0.717) is 13.0 Å². The van der Waals surface area contributed by atoms with E-state index in [1.54, 1.807) is 0 Å². The van der Waals surface area contributed by atoms with Crippen LogP contribution < -0.4 is 0 Å². The summed E-state index contributed by atoms with van der Waals surface area (Å²) in [6.45, 7) is 14.3. The van der Waals surface area contributed by atoms with Gasteiger partial charge in [0.25, 0.3) is 0 Å². The third-order valence-corrected chi connectivity index (χ3v) is 15.5. The van der Waals surface area contributed by atoms with Crippen molar-refractivity contribution in [1.29, 1.82) is 0 Å². The molecule has 0 aromatic heterocycles. The Morgan fingerprint density at radius 3 is 1.81 bits per heavy atom. The van der Waals surface area contributed by atoms with E-state index in [2.05, 4.69) is 53.7 Å². The first-order valence-corrected chi connectivity index (χ1v) is 16.0. The molecular weight excluding hydrogens is 372 g/mol. The maximum atomic E-state index is 11.2. The van der Waals surface area contributed by atoms with Crippen molar-refractivity contribution in [3.8, 4) is 0 Å². The lowest BCUT2D eigenvalue weighted by molar-refractivity contribution is -0.140. The topological polar surface area (TPSA) is 44.8 Å². The molecule has 0 N–H and O–H groups in total. The van der Waals surface area contributed by atoms with Crippen molar-refractivity contribution in [3.05, 3.63) is 12.2 Å². The molecule has 0 fully saturated rings. The first kappa shape index (κ1) is 26.6. The fourth-order valence-electron chi connectivity index (χ4n) is 3.50. The van der Waals surface area contributed by atoms with Crippen LogP contribution in [-0.4, -0.2) is 42.4 Å². The lowest BCUT2D eigenvalue weighted by atomic mass is 10.2. The van der Waals surface area contributed by atoms with Gasteiger partial charge in [-0.3, -0.25) is 4.79 Å². The molecule has 0 heterocycles. The fourth-order valence-corrected chi connectivity index (χ4v) is 9.02. The molecule has 0 unspecified atom stereocenters. The van der Waals surface area contributed by atoms with Crippen LogP contribution in [0.1, 0.15) is 60.8 Å². The third-order valence-electron chi connectivity index (χ3n) is 6.17. The molecule has 0 radical (unpaired) electrons. The van der Waals surface area contributed by atoms with E-state index in [4.69, 9.17) is 13.6 Å². The van der Waals surface area contributed by atoms with Gasteiger partial charge >= 0.3 is 5.97 Å². The van der Waals surface area contributed by atoms with Gasteiger partial charge in [0.1, 0.15) is 0 Å². The van der Waals surface area contributed by atoms with Crippen LogP contribution in [0.2, 0.25) is 36.3 Å². The number of carbonyl (C=O) groups is 1. The Morgan fingerprint density at radius 1 is 0.852 bits per heavy atom. The maximum Gasteiger partial charge on any atom is 0.305 e. The molecule has 0 saturated carbocycles. The maximum absolute atomic E-state index is 11.2. The number of rotatable bonds is 16. The van der Waals surface area contributed by atoms with Gasteiger partial charge < -0.3 is 13.6 Å². The van der Waals surface area contributed by atoms with E-state index in [0.717, 1.165) is 31.0 Å². The molecular formula is C21H44O4Si2. The lowest BCUT2D eigenvalue weighted by Gasteiger charge is -2.35. The van der Waals surface area contributed by atoms with Gasteiger partial charge in [-0.1, -0.05) is 53.7 Å². The second kappa shape index (κ2) is 14.5. The number of allylic oxidation sites excluding steroid dienone is 1.